The minimum atomic E-state index is -5.10. The molecule has 1 heterocycles. The largest absolute Gasteiger partial charge is 0.522 e. The Balaban J connectivity index is 1.77. The van der Waals surface area contributed by atoms with E-state index in [1.165, 1.54) is 12.1 Å². The summed E-state index contributed by atoms with van der Waals surface area (Å²) in [5, 5.41) is 9.60. The molecule has 2 aliphatic rings. The summed E-state index contributed by atoms with van der Waals surface area (Å²) in [6, 6.07) is 2.01. The number of benzene rings is 1. The number of carbonyl (C=O) groups excluding carboxylic acids is 5. The summed E-state index contributed by atoms with van der Waals surface area (Å²) in [6.07, 6.45) is -4.09. The van der Waals surface area contributed by atoms with E-state index in [1.807, 2.05) is 0 Å². The Hall–Kier alpha value is -3.55. The van der Waals surface area contributed by atoms with E-state index >= 15 is 0 Å². The predicted molar refractivity (Wildman–Crippen MR) is 122 cm³/mol. The number of alkyl halides is 3. The molecular formula is C24H28F4N4O6. The predicted octanol–water partition coefficient (Wildman–Crippen LogP) is 0.638. The first-order valence-corrected chi connectivity index (χ1v) is 11.9. The molecule has 1 saturated heterocycles. The van der Waals surface area contributed by atoms with Gasteiger partial charge in [0.2, 0.25) is 11.8 Å². The van der Waals surface area contributed by atoms with Crippen LogP contribution in [-0.4, -0.2) is 66.5 Å². The Labute approximate surface area is 215 Å². The highest BCUT2D eigenvalue weighted by atomic mass is 19.4. The second kappa shape index (κ2) is 11.9. The summed E-state index contributed by atoms with van der Waals surface area (Å²) < 4.78 is 54.9. The Bertz CT molecular complexity index is 1090. The van der Waals surface area contributed by atoms with Gasteiger partial charge in [-0.05, 0) is 50.3 Å². The summed E-state index contributed by atoms with van der Waals surface area (Å²) in [7, 11) is 0. The highest BCUT2D eigenvalue weighted by Crippen LogP contribution is 2.34. The highest BCUT2D eigenvalue weighted by molar-refractivity contribution is 6.35. The van der Waals surface area contributed by atoms with Gasteiger partial charge < -0.3 is 21.3 Å². The first-order chi connectivity index (χ1) is 17.7. The van der Waals surface area contributed by atoms with Crippen molar-refractivity contribution in [1.29, 1.82) is 0 Å². The Morgan fingerprint density at radius 3 is 2.42 bits per heavy atom. The van der Waals surface area contributed by atoms with E-state index in [-0.39, 0.29) is 18.4 Å². The summed E-state index contributed by atoms with van der Waals surface area (Å²) in [5.74, 6) is -6.14. The zero-order valence-corrected chi connectivity index (χ0v) is 20.5. The number of rotatable bonds is 11. The van der Waals surface area contributed by atoms with Crippen molar-refractivity contribution in [3.63, 3.8) is 0 Å². The third-order valence-electron chi connectivity index (χ3n) is 6.34. The molecule has 0 bridgehead atoms. The first-order valence-electron chi connectivity index (χ1n) is 11.9. The molecule has 14 heteroatoms. The fraction of sp³-hybridized carbons (Fsp3) is 0.542. The molecule has 1 aromatic carbocycles. The fourth-order valence-electron chi connectivity index (χ4n) is 3.93. The molecule has 38 heavy (non-hydrogen) atoms. The van der Waals surface area contributed by atoms with Crippen molar-refractivity contribution in [1.82, 2.24) is 21.3 Å². The van der Waals surface area contributed by atoms with Crippen LogP contribution in [0.4, 0.5) is 17.6 Å². The lowest BCUT2D eigenvalue weighted by atomic mass is 9.95. The fourth-order valence-corrected chi connectivity index (χ4v) is 3.93. The molecule has 2 unspecified atom stereocenters. The van der Waals surface area contributed by atoms with Crippen molar-refractivity contribution in [2.45, 2.75) is 63.0 Å². The van der Waals surface area contributed by atoms with Gasteiger partial charge in [-0.1, -0.05) is 12.1 Å². The van der Waals surface area contributed by atoms with Gasteiger partial charge in [-0.25, -0.2) is 4.39 Å². The highest BCUT2D eigenvalue weighted by Gasteiger charge is 2.41. The van der Waals surface area contributed by atoms with Crippen LogP contribution in [0, 0.1) is 11.7 Å². The number of Topliss-reactive ketones (excluding diaryl/α,β-unsaturated/α-hetero) is 1. The van der Waals surface area contributed by atoms with Crippen LogP contribution < -0.4 is 21.3 Å². The number of nitrogens with one attached hydrogen (secondary N) is 4. The monoisotopic (exact) mass is 544 g/mol. The van der Waals surface area contributed by atoms with Crippen LogP contribution in [0.3, 0.4) is 0 Å². The van der Waals surface area contributed by atoms with Crippen molar-refractivity contribution in [2.24, 2.45) is 5.92 Å². The summed E-state index contributed by atoms with van der Waals surface area (Å²) in [5.41, 5.74) is -0.273. The molecule has 1 aliphatic heterocycles. The van der Waals surface area contributed by atoms with Crippen LogP contribution in [0.25, 0.3) is 0 Å². The normalized spacial score (nSPS) is 19.6. The van der Waals surface area contributed by atoms with Crippen LogP contribution >= 0.6 is 0 Å². The second-order valence-electron chi connectivity index (χ2n) is 9.65. The smallest absolute Gasteiger partial charge is 0.356 e. The Morgan fingerprint density at radius 1 is 1.13 bits per heavy atom. The zero-order chi connectivity index (χ0) is 28.1. The lowest BCUT2D eigenvalue weighted by Crippen LogP contribution is -2.56. The molecule has 3 atom stereocenters. The van der Waals surface area contributed by atoms with Gasteiger partial charge in [0, 0.05) is 24.4 Å². The summed E-state index contributed by atoms with van der Waals surface area (Å²) in [4.78, 5) is 62.6. The molecule has 4 N–H and O–H groups in total. The van der Waals surface area contributed by atoms with Gasteiger partial charge in [-0.15, -0.1) is 13.2 Å². The molecule has 208 valence electrons. The molecular weight excluding hydrogens is 516 g/mol. The van der Waals surface area contributed by atoms with Crippen molar-refractivity contribution in [3.8, 4) is 0 Å². The Morgan fingerprint density at radius 2 is 1.84 bits per heavy atom. The number of hydrogen-bond donors (Lipinski definition) is 4. The number of ether oxygens (including phenoxy) is 1. The van der Waals surface area contributed by atoms with Crippen molar-refractivity contribution in [2.75, 3.05) is 13.2 Å². The molecule has 1 aromatic rings. The van der Waals surface area contributed by atoms with E-state index in [9.17, 15) is 41.5 Å². The van der Waals surface area contributed by atoms with Crippen LogP contribution in [0.5, 0.6) is 0 Å². The molecule has 0 spiro atoms. The van der Waals surface area contributed by atoms with E-state index in [2.05, 4.69) is 26.0 Å². The molecule has 2 fully saturated rings. The van der Waals surface area contributed by atoms with Gasteiger partial charge in [-0.2, -0.15) is 0 Å². The van der Waals surface area contributed by atoms with Gasteiger partial charge in [-0.3, -0.25) is 28.7 Å². The molecule has 4 amide bonds. The maximum Gasteiger partial charge on any atom is 0.522 e. The minimum absolute atomic E-state index is 0.262. The van der Waals surface area contributed by atoms with E-state index in [0.717, 1.165) is 12.1 Å². The Kier molecular flexibility index (Phi) is 9.07. The third kappa shape index (κ3) is 8.78. The molecule has 1 saturated carbocycles. The average Bonchev–Trinajstić information content (AvgIpc) is 3.42. The van der Waals surface area contributed by atoms with Crippen LogP contribution in [0.1, 0.15) is 38.2 Å². The van der Waals surface area contributed by atoms with E-state index in [0.29, 0.717) is 25.8 Å². The quantitative estimate of drug-likeness (QED) is 0.238. The van der Waals surface area contributed by atoms with Crippen molar-refractivity contribution < 1.29 is 46.3 Å². The van der Waals surface area contributed by atoms with Crippen molar-refractivity contribution in [3.05, 3.63) is 35.6 Å². The number of hydrogen-bond acceptors (Lipinski definition) is 6. The summed E-state index contributed by atoms with van der Waals surface area (Å²) in [6.45, 7) is 0.613. The third-order valence-corrected chi connectivity index (χ3v) is 6.34. The first kappa shape index (κ1) is 29.0. The van der Waals surface area contributed by atoms with Gasteiger partial charge in [0.15, 0.2) is 5.78 Å². The topological polar surface area (TPSA) is 143 Å². The van der Waals surface area contributed by atoms with E-state index in [4.69, 9.17) is 0 Å². The molecule has 1 aliphatic carbocycles. The molecule has 3 rings (SSSR count). The lowest BCUT2D eigenvalue weighted by Gasteiger charge is -2.24. The van der Waals surface area contributed by atoms with Gasteiger partial charge in [0.05, 0.1) is 6.04 Å². The van der Waals surface area contributed by atoms with Crippen LogP contribution in [-0.2, 0) is 35.1 Å². The van der Waals surface area contributed by atoms with E-state index < -0.39 is 71.7 Å². The minimum Gasteiger partial charge on any atom is -0.356 e. The second-order valence-corrected chi connectivity index (χ2v) is 9.65. The van der Waals surface area contributed by atoms with Crippen LogP contribution in [0.15, 0.2) is 24.3 Å². The number of halogens is 4. The number of amides is 4. The molecule has 10 nitrogen and oxygen atoms in total. The molecule has 0 radical (unpaired) electrons. The number of carbonyl (C=O) groups is 5. The average molecular weight is 545 g/mol. The number of ketones is 1. The SMILES string of the molecule is CC1(NC(=O)C(=O)NC(Cc2cccc(F)c2)C(=O)NC(C[C@@H]2CCNC2=O)C(=O)COC(F)(F)F)CC1. The van der Waals surface area contributed by atoms with Gasteiger partial charge >= 0.3 is 18.2 Å². The zero-order valence-electron chi connectivity index (χ0n) is 20.5. The summed E-state index contributed by atoms with van der Waals surface area (Å²) >= 11 is 0. The van der Waals surface area contributed by atoms with Crippen LogP contribution in [0.2, 0.25) is 0 Å². The lowest BCUT2D eigenvalue weighted by molar-refractivity contribution is -0.321. The maximum atomic E-state index is 13.7. The van der Waals surface area contributed by atoms with Gasteiger partial charge in [0.25, 0.3) is 0 Å². The standard InChI is InChI=1S/C24H28F4N4O6/c1-23(6-7-23)32-22(37)21(36)31-17(10-13-3-2-4-15(25)9-13)20(35)30-16(11-14-5-8-29-19(14)34)18(33)12-38-24(26,27)28/h2-4,9,14,16-17H,5-8,10-12H2,1H3,(H,29,34)(H,30,35)(H,31,36)(H,32,37)/t14-,16?,17?/m0/s1. The van der Waals surface area contributed by atoms with Crippen molar-refractivity contribution >= 4 is 29.4 Å². The molecule has 0 aromatic heterocycles. The van der Waals surface area contributed by atoms with E-state index in [1.54, 1.807) is 6.92 Å². The maximum absolute atomic E-state index is 13.7. The van der Waals surface area contributed by atoms with Gasteiger partial charge in [0.1, 0.15) is 18.5 Å².